The third kappa shape index (κ3) is 5.04. The molecule has 3 rings (SSSR count). The van der Waals surface area contributed by atoms with Crippen molar-refractivity contribution in [1.82, 2.24) is 9.97 Å². The molecule has 2 heterocycles. The Labute approximate surface area is 178 Å². The van der Waals surface area contributed by atoms with Crippen LogP contribution in [-0.4, -0.2) is 23.9 Å². The Morgan fingerprint density at radius 3 is 2.55 bits per heavy atom. The number of sulfone groups is 1. The quantitative estimate of drug-likeness (QED) is 0.411. The standard InChI is InChI=1S/C19H16BrF3N2O2S2/c1-2-3-15-8-13(6-7-24-15)18-25-17(10-28-18)12-4-5-14(16(20)9-12)11-29(26,27)19(21,22)23/h4-10H,2-3,11H2,1H3. The first-order valence-corrected chi connectivity index (χ1v) is 11.9. The van der Waals surface area contributed by atoms with Gasteiger partial charge in [-0.1, -0.05) is 41.4 Å². The Balaban J connectivity index is 1.86. The number of halogens is 4. The summed E-state index contributed by atoms with van der Waals surface area (Å²) in [4.78, 5) is 8.94. The number of hydrogen-bond donors (Lipinski definition) is 0. The summed E-state index contributed by atoms with van der Waals surface area (Å²) in [6, 6.07) is 8.39. The predicted molar refractivity (Wildman–Crippen MR) is 111 cm³/mol. The van der Waals surface area contributed by atoms with Gasteiger partial charge in [0.05, 0.1) is 11.4 Å². The summed E-state index contributed by atoms with van der Waals surface area (Å²) in [5.41, 5.74) is -1.97. The molecule has 10 heteroatoms. The van der Waals surface area contributed by atoms with Crippen molar-refractivity contribution in [3.8, 4) is 21.8 Å². The van der Waals surface area contributed by atoms with Crippen LogP contribution in [0.25, 0.3) is 21.8 Å². The molecule has 0 bridgehead atoms. The van der Waals surface area contributed by atoms with E-state index in [0.717, 1.165) is 29.1 Å². The second-order valence-electron chi connectivity index (χ2n) is 6.33. The molecule has 0 saturated heterocycles. The Kier molecular flexibility index (Phi) is 6.45. The summed E-state index contributed by atoms with van der Waals surface area (Å²) >= 11 is 4.63. The Morgan fingerprint density at radius 1 is 1.14 bits per heavy atom. The SMILES string of the molecule is CCCc1cc(-c2nc(-c3ccc(CS(=O)(=O)C(F)(F)F)c(Br)c3)cs2)ccn1. The van der Waals surface area contributed by atoms with E-state index in [0.29, 0.717) is 11.3 Å². The number of alkyl halides is 3. The first-order valence-electron chi connectivity index (χ1n) is 8.59. The van der Waals surface area contributed by atoms with Gasteiger partial charge in [0, 0.05) is 32.9 Å². The molecule has 0 fully saturated rings. The molecule has 0 aliphatic carbocycles. The van der Waals surface area contributed by atoms with Gasteiger partial charge in [0.1, 0.15) is 5.01 Å². The van der Waals surface area contributed by atoms with Crippen LogP contribution in [-0.2, 0) is 22.0 Å². The van der Waals surface area contributed by atoms with Crippen LogP contribution in [0.5, 0.6) is 0 Å². The first-order chi connectivity index (χ1) is 13.6. The van der Waals surface area contributed by atoms with E-state index in [-0.39, 0.29) is 10.0 Å². The molecule has 154 valence electrons. The van der Waals surface area contributed by atoms with Crippen molar-refractivity contribution >= 4 is 37.1 Å². The van der Waals surface area contributed by atoms with E-state index in [1.807, 2.05) is 17.5 Å². The summed E-state index contributed by atoms with van der Waals surface area (Å²) in [6.07, 6.45) is 3.61. The van der Waals surface area contributed by atoms with Crippen molar-refractivity contribution in [2.75, 3.05) is 0 Å². The highest BCUT2D eigenvalue weighted by molar-refractivity contribution is 9.10. The second kappa shape index (κ2) is 8.53. The van der Waals surface area contributed by atoms with Crippen LogP contribution in [0.2, 0.25) is 0 Å². The highest BCUT2D eigenvalue weighted by Gasteiger charge is 2.45. The third-order valence-electron chi connectivity index (χ3n) is 4.12. The normalized spacial score (nSPS) is 12.3. The lowest BCUT2D eigenvalue weighted by molar-refractivity contribution is -0.0437. The molecule has 29 heavy (non-hydrogen) atoms. The predicted octanol–water partition coefficient (Wildman–Crippen LogP) is 6.02. The van der Waals surface area contributed by atoms with Gasteiger partial charge in [-0.15, -0.1) is 11.3 Å². The number of rotatable bonds is 6. The molecule has 0 radical (unpaired) electrons. The van der Waals surface area contributed by atoms with Crippen molar-refractivity contribution in [1.29, 1.82) is 0 Å². The van der Waals surface area contributed by atoms with Crippen LogP contribution in [0.15, 0.2) is 46.4 Å². The van der Waals surface area contributed by atoms with Gasteiger partial charge in [0.25, 0.3) is 9.84 Å². The molecule has 4 nitrogen and oxygen atoms in total. The van der Waals surface area contributed by atoms with E-state index in [2.05, 4.69) is 32.8 Å². The minimum atomic E-state index is -5.28. The van der Waals surface area contributed by atoms with E-state index >= 15 is 0 Å². The fraction of sp³-hybridized carbons (Fsp3) is 0.263. The minimum absolute atomic E-state index is 0.0415. The topological polar surface area (TPSA) is 59.9 Å². The van der Waals surface area contributed by atoms with Gasteiger partial charge < -0.3 is 0 Å². The Hall–Kier alpha value is -1.78. The van der Waals surface area contributed by atoms with Gasteiger partial charge in [-0.25, -0.2) is 13.4 Å². The van der Waals surface area contributed by atoms with E-state index in [1.54, 1.807) is 18.3 Å². The molecule has 0 spiro atoms. The molecule has 0 aliphatic rings. The maximum atomic E-state index is 12.6. The minimum Gasteiger partial charge on any atom is -0.261 e. The van der Waals surface area contributed by atoms with Crippen molar-refractivity contribution in [2.24, 2.45) is 0 Å². The number of pyridine rings is 1. The third-order valence-corrected chi connectivity index (χ3v) is 7.15. The summed E-state index contributed by atoms with van der Waals surface area (Å²) < 4.78 is 60.9. The monoisotopic (exact) mass is 504 g/mol. The van der Waals surface area contributed by atoms with Gasteiger partial charge in [-0.2, -0.15) is 13.2 Å². The fourth-order valence-electron chi connectivity index (χ4n) is 2.65. The number of nitrogens with zero attached hydrogens (tertiary/aromatic N) is 2. The molecule has 0 saturated carbocycles. The molecule has 0 atom stereocenters. The van der Waals surface area contributed by atoms with Crippen LogP contribution in [0.1, 0.15) is 24.6 Å². The summed E-state index contributed by atoms with van der Waals surface area (Å²) in [5.74, 6) is -1.11. The highest BCUT2D eigenvalue weighted by Crippen LogP contribution is 2.33. The van der Waals surface area contributed by atoms with Crippen LogP contribution >= 0.6 is 27.3 Å². The molecule has 0 aliphatic heterocycles. The molecule has 0 unspecified atom stereocenters. The van der Waals surface area contributed by atoms with E-state index < -0.39 is 21.1 Å². The van der Waals surface area contributed by atoms with Gasteiger partial charge in [0.2, 0.25) is 0 Å². The largest absolute Gasteiger partial charge is 0.497 e. The van der Waals surface area contributed by atoms with Crippen molar-refractivity contribution in [2.45, 2.75) is 31.0 Å². The summed E-state index contributed by atoms with van der Waals surface area (Å²) in [5, 5.41) is 2.66. The highest BCUT2D eigenvalue weighted by atomic mass is 79.9. The molecule has 2 aromatic heterocycles. The average Bonchev–Trinajstić information content (AvgIpc) is 3.13. The maximum Gasteiger partial charge on any atom is 0.497 e. The van der Waals surface area contributed by atoms with Gasteiger partial charge in [-0.05, 0) is 30.2 Å². The van der Waals surface area contributed by atoms with Crippen molar-refractivity contribution in [3.05, 3.63) is 57.6 Å². The first kappa shape index (κ1) is 21.9. The number of aromatic nitrogens is 2. The average molecular weight is 505 g/mol. The zero-order chi connectivity index (χ0) is 21.2. The van der Waals surface area contributed by atoms with E-state index in [4.69, 9.17) is 0 Å². The smallest absolute Gasteiger partial charge is 0.261 e. The number of thiazole rings is 1. The van der Waals surface area contributed by atoms with Crippen LogP contribution in [0.3, 0.4) is 0 Å². The lowest BCUT2D eigenvalue weighted by Gasteiger charge is -2.10. The van der Waals surface area contributed by atoms with E-state index in [9.17, 15) is 21.6 Å². The van der Waals surface area contributed by atoms with Gasteiger partial charge >= 0.3 is 5.51 Å². The molecule has 0 N–H and O–H groups in total. The van der Waals surface area contributed by atoms with Crippen LogP contribution < -0.4 is 0 Å². The van der Waals surface area contributed by atoms with Crippen LogP contribution in [0.4, 0.5) is 13.2 Å². The maximum absolute atomic E-state index is 12.6. The lowest BCUT2D eigenvalue weighted by Crippen LogP contribution is -2.24. The zero-order valence-corrected chi connectivity index (χ0v) is 18.4. The van der Waals surface area contributed by atoms with Crippen LogP contribution in [0, 0.1) is 0 Å². The van der Waals surface area contributed by atoms with Crippen molar-refractivity contribution in [3.63, 3.8) is 0 Å². The lowest BCUT2D eigenvalue weighted by atomic mass is 10.1. The Morgan fingerprint density at radius 2 is 1.90 bits per heavy atom. The summed E-state index contributed by atoms with van der Waals surface area (Å²) in [7, 11) is -5.24. The zero-order valence-electron chi connectivity index (χ0n) is 15.2. The molecular weight excluding hydrogens is 489 g/mol. The van der Waals surface area contributed by atoms with E-state index in [1.165, 1.54) is 17.4 Å². The molecule has 0 amide bonds. The number of aryl methyl sites for hydroxylation is 1. The number of hydrogen-bond acceptors (Lipinski definition) is 5. The fourth-order valence-corrected chi connectivity index (χ4v) is 5.01. The summed E-state index contributed by atoms with van der Waals surface area (Å²) in [6.45, 7) is 2.08. The van der Waals surface area contributed by atoms with Gasteiger partial charge in [-0.3, -0.25) is 4.98 Å². The molecular formula is C19H16BrF3N2O2S2. The Bertz CT molecular complexity index is 1130. The molecule has 3 aromatic rings. The number of benzene rings is 1. The van der Waals surface area contributed by atoms with Gasteiger partial charge in [0.15, 0.2) is 0 Å². The second-order valence-corrected chi connectivity index (χ2v) is 10.0. The van der Waals surface area contributed by atoms with Crippen molar-refractivity contribution < 1.29 is 21.6 Å². The molecule has 1 aromatic carbocycles.